The molecule has 3 N–H and O–H groups in total. The van der Waals surface area contributed by atoms with E-state index in [4.69, 9.17) is 12.2 Å². The molecular weight excluding hydrogens is 430 g/mol. The third kappa shape index (κ3) is 5.90. The minimum atomic E-state index is -3.73. The molecule has 0 spiro atoms. The van der Waals surface area contributed by atoms with Crippen LogP contribution in [0.5, 0.6) is 0 Å². The van der Waals surface area contributed by atoms with Crippen molar-refractivity contribution in [2.24, 2.45) is 0 Å². The highest BCUT2D eigenvalue weighted by atomic mass is 32.2. The zero-order valence-electron chi connectivity index (χ0n) is 17.4. The summed E-state index contributed by atoms with van der Waals surface area (Å²) in [6.07, 6.45) is 0. The van der Waals surface area contributed by atoms with Gasteiger partial charge in [0.2, 0.25) is 0 Å². The number of sulfonamides is 1. The second kappa shape index (κ2) is 9.28. The van der Waals surface area contributed by atoms with Gasteiger partial charge in [-0.25, -0.2) is 8.42 Å². The van der Waals surface area contributed by atoms with Gasteiger partial charge in [-0.2, -0.15) is 0 Å². The lowest BCUT2D eigenvalue weighted by molar-refractivity contribution is 0.0977. The van der Waals surface area contributed by atoms with Gasteiger partial charge in [0.1, 0.15) is 0 Å². The molecule has 0 unspecified atom stereocenters. The Kier molecular flexibility index (Phi) is 6.72. The third-order valence-corrected chi connectivity index (χ3v) is 6.29. The molecule has 0 heterocycles. The van der Waals surface area contributed by atoms with Crippen molar-refractivity contribution in [2.45, 2.75) is 25.7 Å². The van der Waals surface area contributed by atoms with Crippen LogP contribution < -0.4 is 15.4 Å². The van der Waals surface area contributed by atoms with E-state index in [0.29, 0.717) is 16.9 Å². The molecule has 3 aromatic carbocycles. The second-order valence-electron chi connectivity index (χ2n) is 7.21. The fraction of sp³-hybridized carbons (Fsp3) is 0.130. The molecule has 3 aromatic rings. The van der Waals surface area contributed by atoms with Crippen LogP contribution in [0.3, 0.4) is 0 Å². The maximum atomic E-state index is 12.6. The zero-order chi connectivity index (χ0) is 22.6. The summed E-state index contributed by atoms with van der Waals surface area (Å²) in [6, 6.07) is 18.7. The van der Waals surface area contributed by atoms with E-state index in [1.165, 1.54) is 12.1 Å². The van der Waals surface area contributed by atoms with Crippen LogP contribution >= 0.6 is 12.2 Å². The zero-order valence-corrected chi connectivity index (χ0v) is 19.0. The number of benzene rings is 3. The number of nitrogens with one attached hydrogen (secondary N) is 3. The standard InChI is InChI=1S/C23H23N3O3S2/c1-15-5-4-6-18(13-15)22(27)25-23(30)24-19-9-11-21(12-10-19)31(28,29)26-20-8-7-16(2)17(3)14-20/h4-14,26H,1-3H3,(H2,24,25,27,30). The predicted octanol–water partition coefficient (Wildman–Crippen LogP) is 4.54. The first-order valence-electron chi connectivity index (χ1n) is 9.53. The lowest BCUT2D eigenvalue weighted by atomic mass is 10.1. The van der Waals surface area contributed by atoms with E-state index < -0.39 is 10.0 Å². The van der Waals surface area contributed by atoms with Gasteiger partial charge in [0, 0.05) is 16.9 Å². The van der Waals surface area contributed by atoms with Gasteiger partial charge in [0.25, 0.3) is 15.9 Å². The summed E-state index contributed by atoms with van der Waals surface area (Å²) in [5.74, 6) is -0.321. The van der Waals surface area contributed by atoms with Crippen molar-refractivity contribution in [3.8, 4) is 0 Å². The summed E-state index contributed by atoms with van der Waals surface area (Å²) < 4.78 is 27.9. The van der Waals surface area contributed by atoms with Gasteiger partial charge < -0.3 is 5.32 Å². The van der Waals surface area contributed by atoms with Crippen molar-refractivity contribution in [3.63, 3.8) is 0 Å². The molecule has 0 aliphatic rings. The van der Waals surface area contributed by atoms with Crippen LogP contribution in [0.1, 0.15) is 27.0 Å². The largest absolute Gasteiger partial charge is 0.332 e. The summed E-state index contributed by atoms with van der Waals surface area (Å²) in [5, 5.41) is 5.61. The maximum Gasteiger partial charge on any atom is 0.261 e. The van der Waals surface area contributed by atoms with E-state index >= 15 is 0 Å². The van der Waals surface area contributed by atoms with Crippen LogP contribution in [0.25, 0.3) is 0 Å². The van der Waals surface area contributed by atoms with Gasteiger partial charge in [0.15, 0.2) is 5.11 Å². The molecule has 0 saturated heterocycles. The Morgan fingerprint density at radius 2 is 1.52 bits per heavy atom. The van der Waals surface area contributed by atoms with Crippen molar-refractivity contribution >= 4 is 44.6 Å². The molecule has 0 aliphatic carbocycles. The van der Waals surface area contributed by atoms with E-state index in [9.17, 15) is 13.2 Å². The number of rotatable bonds is 5. The fourth-order valence-electron chi connectivity index (χ4n) is 2.86. The molecule has 6 nitrogen and oxygen atoms in total. The Morgan fingerprint density at radius 1 is 0.839 bits per heavy atom. The Balaban J connectivity index is 1.64. The predicted molar refractivity (Wildman–Crippen MR) is 128 cm³/mol. The minimum Gasteiger partial charge on any atom is -0.332 e. The topological polar surface area (TPSA) is 87.3 Å². The van der Waals surface area contributed by atoms with Gasteiger partial charge >= 0.3 is 0 Å². The number of hydrogen-bond donors (Lipinski definition) is 3. The van der Waals surface area contributed by atoms with Crippen molar-refractivity contribution in [1.29, 1.82) is 0 Å². The molecule has 160 valence electrons. The second-order valence-corrected chi connectivity index (χ2v) is 9.30. The van der Waals surface area contributed by atoms with Crippen LogP contribution in [0.4, 0.5) is 11.4 Å². The molecule has 0 fully saturated rings. The first-order valence-corrected chi connectivity index (χ1v) is 11.4. The van der Waals surface area contributed by atoms with Gasteiger partial charge in [0.05, 0.1) is 4.90 Å². The lowest BCUT2D eigenvalue weighted by Gasteiger charge is -2.12. The minimum absolute atomic E-state index is 0.117. The molecule has 31 heavy (non-hydrogen) atoms. The van der Waals surface area contributed by atoms with Gasteiger partial charge in [-0.15, -0.1) is 0 Å². The highest BCUT2D eigenvalue weighted by Gasteiger charge is 2.15. The molecule has 0 saturated carbocycles. The van der Waals surface area contributed by atoms with E-state index in [1.807, 2.05) is 32.9 Å². The highest BCUT2D eigenvalue weighted by molar-refractivity contribution is 7.92. The van der Waals surface area contributed by atoms with Gasteiger partial charge in [-0.1, -0.05) is 23.8 Å². The van der Waals surface area contributed by atoms with Crippen molar-refractivity contribution < 1.29 is 13.2 Å². The van der Waals surface area contributed by atoms with E-state index in [-0.39, 0.29) is 15.9 Å². The molecule has 0 bridgehead atoms. The number of carbonyl (C=O) groups is 1. The molecule has 1 amide bonds. The van der Waals surface area contributed by atoms with Gasteiger partial charge in [-0.3, -0.25) is 14.8 Å². The Labute approximate surface area is 187 Å². The Hall–Kier alpha value is -3.23. The molecular formula is C23H23N3O3S2. The van der Waals surface area contributed by atoms with Crippen LogP contribution in [0.2, 0.25) is 0 Å². The number of thiocarbonyl (C=S) groups is 1. The maximum absolute atomic E-state index is 12.6. The number of hydrogen-bond acceptors (Lipinski definition) is 4. The van der Waals surface area contributed by atoms with E-state index in [2.05, 4.69) is 15.4 Å². The van der Waals surface area contributed by atoms with Crippen molar-refractivity contribution in [3.05, 3.63) is 89.0 Å². The first-order chi connectivity index (χ1) is 14.6. The smallest absolute Gasteiger partial charge is 0.261 e. The summed E-state index contributed by atoms with van der Waals surface area (Å²) in [5.41, 5.74) is 4.62. The molecule has 0 aromatic heterocycles. The van der Waals surface area contributed by atoms with Crippen molar-refractivity contribution in [1.82, 2.24) is 5.32 Å². The normalized spacial score (nSPS) is 10.9. The highest BCUT2D eigenvalue weighted by Crippen LogP contribution is 2.20. The van der Waals surface area contributed by atoms with Crippen LogP contribution in [0, 0.1) is 20.8 Å². The van der Waals surface area contributed by atoms with Crippen LogP contribution in [-0.2, 0) is 10.0 Å². The van der Waals surface area contributed by atoms with E-state index in [1.54, 1.807) is 42.5 Å². The number of aryl methyl sites for hydroxylation is 3. The molecule has 3 rings (SSSR count). The SMILES string of the molecule is Cc1cccc(C(=O)NC(=S)Nc2ccc(S(=O)(=O)Nc3ccc(C)c(C)c3)cc2)c1. The lowest BCUT2D eigenvalue weighted by Crippen LogP contribution is -2.34. The van der Waals surface area contributed by atoms with Crippen LogP contribution in [-0.4, -0.2) is 19.4 Å². The summed E-state index contributed by atoms with van der Waals surface area (Å²) in [4.78, 5) is 12.4. The number of amides is 1. The average Bonchev–Trinajstić information content (AvgIpc) is 2.71. The Bertz CT molecular complexity index is 1240. The summed E-state index contributed by atoms with van der Waals surface area (Å²) in [6.45, 7) is 5.79. The molecule has 8 heteroatoms. The van der Waals surface area contributed by atoms with Gasteiger partial charge in [-0.05, 0) is 92.6 Å². The average molecular weight is 454 g/mol. The quantitative estimate of drug-likeness (QED) is 0.494. The monoisotopic (exact) mass is 453 g/mol. The number of anilines is 2. The van der Waals surface area contributed by atoms with Crippen LogP contribution in [0.15, 0.2) is 71.6 Å². The first kappa shape index (κ1) is 22.5. The number of carbonyl (C=O) groups excluding carboxylic acids is 1. The molecule has 0 radical (unpaired) electrons. The summed E-state index contributed by atoms with van der Waals surface area (Å²) in [7, 11) is -3.73. The third-order valence-electron chi connectivity index (χ3n) is 4.69. The van der Waals surface area contributed by atoms with Crippen molar-refractivity contribution in [2.75, 3.05) is 10.0 Å². The fourth-order valence-corrected chi connectivity index (χ4v) is 4.12. The summed E-state index contributed by atoms with van der Waals surface area (Å²) >= 11 is 5.19. The molecule has 0 aliphatic heterocycles. The van der Waals surface area contributed by atoms with E-state index in [0.717, 1.165) is 16.7 Å². The Morgan fingerprint density at radius 3 is 2.16 bits per heavy atom. The molecule has 0 atom stereocenters.